The molecule has 0 aromatic carbocycles. The number of allylic oxidation sites excluding steroid dienone is 1. The van der Waals surface area contributed by atoms with Crippen molar-refractivity contribution < 1.29 is 9.59 Å². The average Bonchev–Trinajstić information content (AvgIpc) is 2.41. The lowest BCUT2D eigenvalue weighted by Gasteiger charge is -2.42. The van der Waals surface area contributed by atoms with Gasteiger partial charge < -0.3 is 10.2 Å². The molecule has 114 valence electrons. The van der Waals surface area contributed by atoms with Gasteiger partial charge in [0.05, 0.1) is 0 Å². The summed E-state index contributed by atoms with van der Waals surface area (Å²) in [5.41, 5.74) is 0. The first-order valence-corrected chi connectivity index (χ1v) is 7.66. The zero-order chi connectivity index (χ0) is 15.3. The number of carbonyl (C=O) groups is 2. The molecular weight excluding hydrogens is 252 g/mol. The minimum absolute atomic E-state index is 0.00891. The van der Waals surface area contributed by atoms with Crippen molar-refractivity contribution in [1.82, 2.24) is 10.2 Å². The third-order valence-corrected chi connectivity index (χ3v) is 4.07. The summed E-state index contributed by atoms with van der Waals surface area (Å²) in [4.78, 5) is 26.8. The van der Waals surface area contributed by atoms with Gasteiger partial charge in [-0.2, -0.15) is 0 Å². The van der Waals surface area contributed by atoms with Crippen LogP contribution in [-0.2, 0) is 9.59 Å². The summed E-state index contributed by atoms with van der Waals surface area (Å²) < 4.78 is 0. The Morgan fingerprint density at radius 2 is 1.95 bits per heavy atom. The fourth-order valence-corrected chi connectivity index (χ4v) is 2.67. The molecule has 0 aromatic heterocycles. The molecule has 1 aliphatic heterocycles. The lowest BCUT2D eigenvalue weighted by atomic mass is 9.90. The van der Waals surface area contributed by atoms with E-state index < -0.39 is 0 Å². The number of carbonyl (C=O) groups excluding carboxylic acids is 2. The van der Waals surface area contributed by atoms with E-state index in [9.17, 15) is 9.59 Å². The minimum Gasteiger partial charge on any atom is -0.342 e. The zero-order valence-electron chi connectivity index (χ0n) is 13.3. The number of hydrogen-bond acceptors (Lipinski definition) is 2. The van der Waals surface area contributed by atoms with E-state index in [1.807, 2.05) is 46.8 Å². The van der Waals surface area contributed by atoms with Crippen molar-refractivity contribution in [3.63, 3.8) is 0 Å². The monoisotopic (exact) mass is 280 g/mol. The van der Waals surface area contributed by atoms with E-state index in [1.54, 1.807) is 4.90 Å². The molecule has 1 rings (SSSR count). The molecule has 0 spiro atoms. The van der Waals surface area contributed by atoms with Gasteiger partial charge in [0.15, 0.2) is 0 Å². The molecule has 2 amide bonds. The van der Waals surface area contributed by atoms with Crippen molar-refractivity contribution in [2.75, 3.05) is 6.54 Å². The summed E-state index contributed by atoms with van der Waals surface area (Å²) in [5, 5.41) is 2.92. The normalized spacial score (nSPS) is 25.4. The van der Waals surface area contributed by atoms with Crippen molar-refractivity contribution in [3.8, 4) is 0 Å². The third kappa shape index (κ3) is 3.62. The topological polar surface area (TPSA) is 49.4 Å². The van der Waals surface area contributed by atoms with Crippen LogP contribution in [0.1, 0.15) is 47.5 Å². The quantitative estimate of drug-likeness (QED) is 0.759. The largest absolute Gasteiger partial charge is 0.342 e. The average molecular weight is 280 g/mol. The first-order valence-electron chi connectivity index (χ1n) is 7.66. The molecule has 0 aromatic rings. The maximum atomic E-state index is 12.7. The highest BCUT2D eigenvalue weighted by Gasteiger charge is 2.42. The van der Waals surface area contributed by atoms with Crippen molar-refractivity contribution in [2.45, 2.75) is 59.5 Å². The highest BCUT2D eigenvalue weighted by atomic mass is 16.2. The molecule has 1 saturated heterocycles. The molecule has 1 heterocycles. The molecule has 0 bridgehead atoms. The van der Waals surface area contributed by atoms with Gasteiger partial charge in [0.1, 0.15) is 12.1 Å². The van der Waals surface area contributed by atoms with Crippen LogP contribution in [0, 0.1) is 11.8 Å². The van der Waals surface area contributed by atoms with Gasteiger partial charge in [0.2, 0.25) is 11.8 Å². The van der Waals surface area contributed by atoms with Gasteiger partial charge in [-0.05, 0) is 25.2 Å². The summed E-state index contributed by atoms with van der Waals surface area (Å²) in [5.74, 6) is 0.360. The second-order valence-corrected chi connectivity index (χ2v) is 5.95. The van der Waals surface area contributed by atoms with Crippen molar-refractivity contribution in [2.24, 2.45) is 11.8 Å². The van der Waals surface area contributed by atoms with Gasteiger partial charge in [-0.15, -0.1) is 0 Å². The van der Waals surface area contributed by atoms with E-state index in [1.165, 1.54) is 0 Å². The fraction of sp³-hybridized carbons (Fsp3) is 0.750. The Morgan fingerprint density at radius 3 is 2.45 bits per heavy atom. The van der Waals surface area contributed by atoms with Gasteiger partial charge in [-0.25, -0.2) is 0 Å². The second-order valence-electron chi connectivity index (χ2n) is 5.95. The second kappa shape index (κ2) is 7.46. The first-order chi connectivity index (χ1) is 9.43. The third-order valence-electron chi connectivity index (χ3n) is 4.07. The van der Waals surface area contributed by atoms with Crippen LogP contribution in [0.5, 0.6) is 0 Å². The van der Waals surface area contributed by atoms with Crippen LogP contribution in [0.4, 0.5) is 0 Å². The van der Waals surface area contributed by atoms with E-state index in [4.69, 9.17) is 0 Å². The van der Waals surface area contributed by atoms with Gasteiger partial charge >= 0.3 is 0 Å². The Labute approximate surface area is 122 Å². The Balaban J connectivity index is 2.94. The number of nitrogens with one attached hydrogen (secondary N) is 1. The van der Waals surface area contributed by atoms with Crippen LogP contribution in [0.2, 0.25) is 0 Å². The van der Waals surface area contributed by atoms with Crippen molar-refractivity contribution >= 4 is 11.8 Å². The smallest absolute Gasteiger partial charge is 0.246 e. The van der Waals surface area contributed by atoms with Gasteiger partial charge in [0, 0.05) is 6.54 Å². The molecule has 20 heavy (non-hydrogen) atoms. The van der Waals surface area contributed by atoms with Crippen LogP contribution in [-0.4, -0.2) is 35.3 Å². The lowest BCUT2D eigenvalue weighted by Crippen LogP contribution is -2.66. The molecule has 0 radical (unpaired) electrons. The molecule has 3 atom stereocenters. The molecule has 4 heteroatoms. The summed E-state index contributed by atoms with van der Waals surface area (Å²) >= 11 is 0. The van der Waals surface area contributed by atoms with Gasteiger partial charge in [-0.3, -0.25) is 9.59 Å². The Morgan fingerprint density at radius 1 is 1.30 bits per heavy atom. The molecule has 4 nitrogen and oxygen atoms in total. The maximum absolute atomic E-state index is 12.7. The number of hydrogen-bond donors (Lipinski definition) is 1. The predicted molar refractivity (Wildman–Crippen MR) is 81.2 cm³/mol. The van der Waals surface area contributed by atoms with Crippen LogP contribution in [0.15, 0.2) is 12.2 Å². The van der Waals surface area contributed by atoms with Crippen LogP contribution in [0.3, 0.4) is 0 Å². The summed E-state index contributed by atoms with van der Waals surface area (Å²) in [6.07, 6.45) is 5.69. The van der Waals surface area contributed by atoms with E-state index >= 15 is 0 Å². The first kappa shape index (κ1) is 16.7. The Bertz CT molecular complexity index is 377. The highest BCUT2D eigenvalue weighted by Crippen LogP contribution is 2.22. The number of nitrogens with zero attached hydrogens (tertiary/aromatic N) is 1. The SMILES string of the molecule is C/C=C/CCN1C(=O)C(C(C)CC)NC(=O)C1C(C)C. The molecule has 1 aliphatic rings. The van der Waals surface area contributed by atoms with Crippen LogP contribution < -0.4 is 5.32 Å². The number of amides is 2. The highest BCUT2D eigenvalue weighted by molar-refractivity contribution is 5.97. The molecule has 1 N–H and O–H groups in total. The summed E-state index contributed by atoms with van der Waals surface area (Å²) in [6, 6.07) is -0.707. The maximum Gasteiger partial charge on any atom is 0.246 e. The standard InChI is InChI=1S/C16H28N2O2/c1-6-8-9-10-18-14(11(3)4)15(19)17-13(16(18)20)12(5)7-2/h6,8,11-14H,7,9-10H2,1-5H3,(H,17,19)/b8-6+. The summed E-state index contributed by atoms with van der Waals surface area (Å²) in [6.45, 7) is 10.6. The molecule has 0 saturated carbocycles. The fourth-order valence-electron chi connectivity index (χ4n) is 2.67. The predicted octanol–water partition coefficient (Wildman–Crippen LogP) is 2.35. The van der Waals surface area contributed by atoms with Crippen LogP contribution in [0.25, 0.3) is 0 Å². The van der Waals surface area contributed by atoms with Crippen molar-refractivity contribution in [1.29, 1.82) is 0 Å². The van der Waals surface area contributed by atoms with E-state index in [2.05, 4.69) is 5.32 Å². The minimum atomic E-state index is -0.367. The Hall–Kier alpha value is -1.32. The van der Waals surface area contributed by atoms with E-state index in [-0.39, 0.29) is 35.7 Å². The Kier molecular flexibility index (Phi) is 6.24. The lowest BCUT2D eigenvalue weighted by molar-refractivity contribution is -0.152. The van der Waals surface area contributed by atoms with Crippen LogP contribution >= 0.6 is 0 Å². The molecule has 3 unspecified atom stereocenters. The van der Waals surface area contributed by atoms with E-state index in [0.29, 0.717) is 6.54 Å². The van der Waals surface area contributed by atoms with Gasteiger partial charge in [0.25, 0.3) is 0 Å². The van der Waals surface area contributed by atoms with Crippen molar-refractivity contribution in [3.05, 3.63) is 12.2 Å². The molecular formula is C16H28N2O2. The molecule has 1 fully saturated rings. The molecule has 0 aliphatic carbocycles. The van der Waals surface area contributed by atoms with E-state index in [0.717, 1.165) is 12.8 Å². The van der Waals surface area contributed by atoms with Gasteiger partial charge in [-0.1, -0.05) is 46.3 Å². The number of rotatable bonds is 6. The zero-order valence-corrected chi connectivity index (χ0v) is 13.3. The summed E-state index contributed by atoms with van der Waals surface area (Å²) in [7, 11) is 0. The number of piperazine rings is 1.